The quantitative estimate of drug-likeness (QED) is 0.491. The molecule has 1 aliphatic carbocycles. The lowest BCUT2D eigenvalue weighted by Gasteiger charge is -2.22. The first-order chi connectivity index (χ1) is 15.0. The highest BCUT2D eigenvalue weighted by molar-refractivity contribution is 5.94. The molecule has 0 bridgehead atoms. The van der Waals surface area contributed by atoms with Crippen molar-refractivity contribution in [3.63, 3.8) is 0 Å². The van der Waals surface area contributed by atoms with Gasteiger partial charge >= 0.3 is 6.03 Å². The van der Waals surface area contributed by atoms with Crippen LogP contribution in [-0.4, -0.2) is 53.1 Å². The Kier molecular flexibility index (Phi) is 4.60. The van der Waals surface area contributed by atoms with E-state index in [1.807, 2.05) is 0 Å². The van der Waals surface area contributed by atoms with Gasteiger partial charge in [0.15, 0.2) is 23.0 Å². The molecule has 2 aliphatic rings. The number of amides is 2. The van der Waals surface area contributed by atoms with Gasteiger partial charge in [0, 0.05) is 19.5 Å². The first kappa shape index (κ1) is 19.2. The smallest absolute Gasteiger partial charge is 0.319 e. The summed E-state index contributed by atoms with van der Waals surface area (Å²) in [5.41, 5.74) is 0.703. The number of rotatable bonds is 5. The van der Waals surface area contributed by atoms with Gasteiger partial charge in [-0.3, -0.25) is 0 Å². The van der Waals surface area contributed by atoms with Crippen LogP contribution in [0.25, 0.3) is 5.65 Å². The van der Waals surface area contributed by atoms with E-state index in [2.05, 4.69) is 31.3 Å². The number of halogens is 2. The van der Waals surface area contributed by atoms with E-state index in [1.165, 1.54) is 22.8 Å². The summed E-state index contributed by atoms with van der Waals surface area (Å²) in [5.74, 6) is 0.978. The van der Waals surface area contributed by atoms with Crippen LogP contribution in [0.3, 0.4) is 0 Å². The molecular formula is C19H19F2N7O3. The Morgan fingerprint density at radius 1 is 1.29 bits per heavy atom. The molecule has 0 saturated heterocycles. The third-order valence-electron chi connectivity index (χ3n) is 4.92. The Morgan fingerprint density at radius 3 is 2.87 bits per heavy atom. The van der Waals surface area contributed by atoms with E-state index < -0.39 is 24.1 Å². The number of alkyl halides is 1. The van der Waals surface area contributed by atoms with Gasteiger partial charge in [-0.05, 0) is 12.1 Å². The van der Waals surface area contributed by atoms with E-state index in [-0.39, 0.29) is 17.3 Å². The van der Waals surface area contributed by atoms with Crippen molar-refractivity contribution < 1.29 is 23.0 Å². The third kappa shape index (κ3) is 3.60. The van der Waals surface area contributed by atoms with Crippen molar-refractivity contribution in [3.05, 3.63) is 30.2 Å². The molecular weight excluding hydrogens is 412 g/mol. The Bertz CT molecular complexity index is 1170. The van der Waals surface area contributed by atoms with Crippen LogP contribution in [-0.2, 0) is 0 Å². The summed E-state index contributed by atoms with van der Waals surface area (Å²) in [7, 11) is 1.69. The maximum absolute atomic E-state index is 14.6. The van der Waals surface area contributed by atoms with E-state index in [4.69, 9.17) is 9.47 Å². The number of urea groups is 1. The fourth-order valence-corrected chi connectivity index (χ4v) is 3.27. The second-order valence-corrected chi connectivity index (χ2v) is 7.10. The summed E-state index contributed by atoms with van der Waals surface area (Å²) >= 11 is 0. The molecule has 0 radical (unpaired) electrons. The van der Waals surface area contributed by atoms with Gasteiger partial charge in [0.25, 0.3) is 0 Å². The van der Waals surface area contributed by atoms with Crippen molar-refractivity contribution in [2.75, 3.05) is 36.2 Å². The van der Waals surface area contributed by atoms with Crippen molar-refractivity contribution in [1.29, 1.82) is 0 Å². The molecule has 10 nitrogen and oxygen atoms in total. The minimum Gasteiger partial charge on any atom is -0.486 e. The number of aromatic nitrogens is 3. The SMILES string of the molecule is CNc1cc(Nc2c(F)ccc3c2OCCO3)nc2c(NC(=O)N[C@@H]3C[C@@H]3F)cnn12. The predicted octanol–water partition coefficient (Wildman–Crippen LogP) is 2.66. The summed E-state index contributed by atoms with van der Waals surface area (Å²) < 4.78 is 40.2. The Labute approximate surface area is 174 Å². The second-order valence-electron chi connectivity index (χ2n) is 7.10. The zero-order valence-corrected chi connectivity index (χ0v) is 16.4. The minimum absolute atomic E-state index is 0.0885. The standard InChI is InChI=1S/C19H19F2N7O3/c1-22-15-7-14(26-16-9(20)2-3-13-17(16)31-5-4-30-13)27-18-12(8-23-28(15)18)25-19(29)24-11-6-10(11)21/h2-3,7-8,10-11,22H,4-6H2,1H3,(H,26,27)(H2,24,25,29)/t10-,11+/m0/s1. The third-order valence-corrected chi connectivity index (χ3v) is 4.92. The Balaban J connectivity index is 1.48. The van der Waals surface area contributed by atoms with Gasteiger partial charge in [-0.25, -0.2) is 18.6 Å². The number of nitrogens with one attached hydrogen (secondary N) is 4. The van der Waals surface area contributed by atoms with Crippen LogP contribution < -0.4 is 30.7 Å². The summed E-state index contributed by atoms with van der Waals surface area (Å²) in [6.45, 7) is 0.676. The highest BCUT2D eigenvalue weighted by Gasteiger charge is 2.38. The molecule has 4 N–H and O–H groups in total. The number of hydrogen-bond acceptors (Lipinski definition) is 7. The van der Waals surface area contributed by atoms with Gasteiger partial charge in [0.1, 0.15) is 42.4 Å². The van der Waals surface area contributed by atoms with Crippen LogP contribution in [0.2, 0.25) is 0 Å². The van der Waals surface area contributed by atoms with Gasteiger partial charge in [0.2, 0.25) is 0 Å². The molecule has 2 aromatic heterocycles. The number of hydrogen-bond donors (Lipinski definition) is 4. The van der Waals surface area contributed by atoms with Crippen molar-refractivity contribution in [2.24, 2.45) is 0 Å². The number of fused-ring (bicyclic) bond motifs is 2. The minimum atomic E-state index is -1.02. The molecule has 31 heavy (non-hydrogen) atoms. The van der Waals surface area contributed by atoms with Gasteiger partial charge in [-0.1, -0.05) is 0 Å². The molecule has 1 fully saturated rings. The molecule has 12 heteroatoms. The maximum atomic E-state index is 14.6. The van der Waals surface area contributed by atoms with Crippen molar-refractivity contribution >= 4 is 34.7 Å². The fourth-order valence-electron chi connectivity index (χ4n) is 3.27. The number of carbonyl (C=O) groups is 1. The monoisotopic (exact) mass is 431 g/mol. The Morgan fingerprint density at radius 2 is 2.10 bits per heavy atom. The van der Waals surface area contributed by atoms with E-state index in [0.717, 1.165) is 0 Å². The first-order valence-electron chi connectivity index (χ1n) is 9.66. The highest BCUT2D eigenvalue weighted by Crippen LogP contribution is 2.40. The summed E-state index contributed by atoms with van der Waals surface area (Å²) in [6, 6.07) is 3.38. The van der Waals surface area contributed by atoms with E-state index in [1.54, 1.807) is 13.1 Å². The second kappa shape index (κ2) is 7.45. The predicted molar refractivity (Wildman–Crippen MR) is 109 cm³/mol. The van der Waals surface area contributed by atoms with Crippen LogP contribution in [0.1, 0.15) is 6.42 Å². The molecule has 1 saturated carbocycles. The molecule has 0 spiro atoms. The summed E-state index contributed by atoms with van der Waals surface area (Å²) in [6.07, 6.45) is 0.711. The zero-order valence-electron chi connectivity index (χ0n) is 16.4. The largest absolute Gasteiger partial charge is 0.486 e. The van der Waals surface area contributed by atoms with E-state index in [0.29, 0.717) is 42.5 Å². The van der Waals surface area contributed by atoms with Crippen LogP contribution >= 0.6 is 0 Å². The van der Waals surface area contributed by atoms with Crippen molar-refractivity contribution in [1.82, 2.24) is 19.9 Å². The van der Waals surface area contributed by atoms with Gasteiger partial charge in [-0.15, -0.1) is 0 Å². The van der Waals surface area contributed by atoms with Crippen molar-refractivity contribution in [3.8, 4) is 11.5 Å². The summed E-state index contributed by atoms with van der Waals surface area (Å²) in [4.78, 5) is 16.6. The van der Waals surface area contributed by atoms with Crippen LogP contribution in [0, 0.1) is 5.82 Å². The van der Waals surface area contributed by atoms with Gasteiger partial charge < -0.3 is 30.7 Å². The van der Waals surface area contributed by atoms with Gasteiger partial charge in [-0.2, -0.15) is 9.61 Å². The molecule has 1 aromatic carbocycles. The number of carbonyl (C=O) groups excluding carboxylic acids is 1. The topological polar surface area (TPSA) is 114 Å². The van der Waals surface area contributed by atoms with Crippen LogP contribution in [0.15, 0.2) is 24.4 Å². The zero-order chi connectivity index (χ0) is 21.5. The fraction of sp³-hybridized carbons (Fsp3) is 0.316. The van der Waals surface area contributed by atoms with Crippen LogP contribution in [0.4, 0.5) is 36.6 Å². The van der Waals surface area contributed by atoms with Gasteiger partial charge in [0.05, 0.1) is 12.2 Å². The molecule has 1 aliphatic heterocycles. The van der Waals surface area contributed by atoms with Crippen LogP contribution in [0.5, 0.6) is 11.5 Å². The molecule has 162 valence electrons. The molecule has 3 heterocycles. The number of benzene rings is 1. The lowest BCUT2D eigenvalue weighted by atomic mass is 10.2. The van der Waals surface area contributed by atoms with Crippen molar-refractivity contribution in [2.45, 2.75) is 18.6 Å². The molecule has 2 amide bonds. The lowest BCUT2D eigenvalue weighted by molar-refractivity contribution is 0.172. The average Bonchev–Trinajstić information content (AvgIpc) is 3.31. The molecule has 2 atom stereocenters. The number of ether oxygens (including phenoxy) is 2. The maximum Gasteiger partial charge on any atom is 0.319 e. The summed E-state index contributed by atoms with van der Waals surface area (Å²) in [5, 5.41) is 15.3. The van der Waals surface area contributed by atoms with E-state index >= 15 is 0 Å². The van der Waals surface area contributed by atoms with E-state index in [9.17, 15) is 13.6 Å². The normalized spacial score (nSPS) is 19.1. The molecule has 0 unspecified atom stereocenters. The molecule has 5 rings (SSSR count). The highest BCUT2D eigenvalue weighted by atomic mass is 19.1. The number of anilines is 4. The molecule has 3 aromatic rings. The average molecular weight is 431 g/mol. The Hall–Kier alpha value is -3.83. The lowest BCUT2D eigenvalue weighted by Crippen LogP contribution is -2.31. The number of nitrogens with zero attached hydrogens (tertiary/aromatic N) is 3. The first-order valence-corrected chi connectivity index (χ1v) is 9.66.